The SMILES string of the molecule is CC(C)(C)CNC(=O)[C@@H](C[C@H](O)[C@@H](N)CN1CC(=O)N(c2cc(F)ccc2Cl)CC1(C)C)C1CC1. The predicted octanol–water partition coefficient (Wildman–Crippen LogP) is 3.17. The molecule has 196 valence electrons. The van der Waals surface area contributed by atoms with Gasteiger partial charge in [0.15, 0.2) is 0 Å². The second-order valence-corrected chi connectivity index (χ2v) is 12.4. The van der Waals surface area contributed by atoms with Crippen molar-refractivity contribution >= 4 is 29.1 Å². The highest BCUT2D eigenvalue weighted by Crippen LogP contribution is 2.40. The average molecular weight is 511 g/mol. The molecule has 3 rings (SSSR count). The number of hydrogen-bond donors (Lipinski definition) is 3. The number of piperazine rings is 1. The first kappa shape index (κ1) is 27.8. The fourth-order valence-electron chi connectivity index (χ4n) is 4.57. The molecule has 2 aliphatic rings. The summed E-state index contributed by atoms with van der Waals surface area (Å²) in [5.41, 5.74) is 6.24. The lowest BCUT2D eigenvalue weighted by molar-refractivity contribution is -0.127. The number of hydrogen-bond acceptors (Lipinski definition) is 5. The molecule has 0 unspecified atom stereocenters. The molecule has 2 fully saturated rings. The molecule has 0 aromatic heterocycles. The lowest BCUT2D eigenvalue weighted by Crippen LogP contribution is -2.64. The minimum absolute atomic E-state index is 0.0191. The third kappa shape index (κ3) is 7.38. The van der Waals surface area contributed by atoms with Crippen molar-refractivity contribution in [3.05, 3.63) is 29.0 Å². The fourth-order valence-corrected chi connectivity index (χ4v) is 4.79. The van der Waals surface area contributed by atoms with E-state index in [2.05, 4.69) is 26.1 Å². The molecule has 1 saturated heterocycles. The minimum Gasteiger partial charge on any atom is -0.391 e. The van der Waals surface area contributed by atoms with Gasteiger partial charge in [0.1, 0.15) is 5.82 Å². The van der Waals surface area contributed by atoms with Crippen LogP contribution in [0.15, 0.2) is 18.2 Å². The number of anilines is 1. The molecule has 0 bridgehead atoms. The lowest BCUT2D eigenvalue weighted by Gasteiger charge is -2.47. The Morgan fingerprint density at radius 2 is 2.00 bits per heavy atom. The van der Waals surface area contributed by atoms with Crippen molar-refractivity contribution in [3.8, 4) is 0 Å². The van der Waals surface area contributed by atoms with Crippen molar-refractivity contribution in [3.63, 3.8) is 0 Å². The summed E-state index contributed by atoms with van der Waals surface area (Å²) in [7, 11) is 0. The Labute approximate surface area is 213 Å². The first-order valence-corrected chi connectivity index (χ1v) is 12.8. The summed E-state index contributed by atoms with van der Waals surface area (Å²) in [6.07, 6.45) is 1.40. The Morgan fingerprint density at radius 1 is 1.34 bits per heavy atom. The Hall–Kier alpha value is -1.74. The van der Waals surface area contributed by atoms with Gasteiger partial charge in [-0.25, -0.2) is 4.39 Å². The van der Waals surface area contributed by atoms with E-state index in [9.17, 15) is 19.1 Å². The smallest absolute Gasteiger partial charge is 0.241 e. The van der Waals surface area contributed by atoms with Crippen molar-refractivity contribution in [2.75, 3.05) is 31.1 Å². The van der Waals surface area contributed by atoms with Crippen molar-refractivity contribution < 1.29 is 19.1 Å². The van der Waals surface area contributed by atoms with E-state index in [1.54, 1.807) is 0 Å². The third-order valence-corrected chi connectivity index (χ3v) is 7.29. The van der Waals surface area contributed by atoms with Crippen LogP contribution in [0.5, 0.6) is 0 Å². The maximum atomic E-state index is 13.8. The van der Waals surface area contributed by atoms with Gasteiger partial charge in [0.05, 0.1) is 23.4 Å². The zero-order valence-electron chi connectivity index (χ0n) is 21.5. The van der Waals surface area contributed by atoms with Crippen LogP contribution in [0, 0.1) is 23.1 Å². The van der Waals surface area contributed by atoms with Crippen LogP contribution < -0.4 is 16.0 Å². The molecule has 4 N–H and O–H groups in total. The number of carbonyl (C=O) groups excluding carboxylic acids is 2. The molecule has 2 amide bonds. The van der Waals surface area contributed by atoms with Crippen LogP contribution in [0.25, 0.3) is 0 Å². The van der Waals surface area contributed by atoms with Gasteiger partial charge in [0, 0.05) is 37.1 Å². The van der Waals surface area contributed by atoms with E-state index < -0.39 is 23.5 Å². The van der Waals surface area contributed by atoms with Crippen LogP contribution in [-0.4, -0.2) is 65.7 Å². The Bertz CT molecular complexity index is 932. The molecule has 35 heavy (non-hydrogen) atoms. The second kappa shape index (κ2) is 10.7. The zero-order chi connectivity index (χ0) is 26.1. The van der Waals surface area contributed by atoms with Gasteiger partial charge < -0.3 is 21.1 Å². The Balaban J connectivity index is 1.62. The highest BCUT2D eigenvalue weighted by Gasteiger charge is 2.42. The maximum absolute atomic E-state index is 13.8. The molecular weight excluding hydrogens is 471 g/mol. The van der Waals surface area contributed by atoms with E-state index in [-0.39, 0.29) is 35.6 Å². The number of aliphatic hydroxyl groups excluding tert-OH is 1. The lowest BCUT2D eigenvalue weighted by atomic mass is 9.90. The quantitative estimate of drug-likeness (QED) is 0.474. The third-order valence-electron chi connectivity index (χ3n) is 6.97. The molecule has 1 aromatic carbocycles. The first-order valence-electron chi connectivity index (χ1n) is 12.4. The second-order valence-electron chi connectivity index (χ2n) is 12.0. The normalized spacial score (nSPS) is 21.5. The number of nitrogens with zero attached hydrogens (tertiary/aromatic N) is 2. The maximum Gasteiger partial charge on any atom is 0.241 e. The van der Waals surface area contributed by atoms with Gasteiger partial charge in [-0.15, -0.1) is 0 Å². The molecule has 1 aromatic rings. The van der Waals surface area contributed by atoms with E-state index in [0.717, 1.165) is 12.8 Å². The number of carbonyl (C=O) groups is 2. The molecule has 1 heterocycles. The van der Waals surface area contributed by atoms with E-state index in [1.807, 2.05) is 18.7 Å². The average Bonchev–Trinajstić information content (AvgIpc) is 3.59. The number of rotatable bonds is 9. The molecule has 1 aliphatic carbocycles. The Kier molecular flexibility index (Phi) is 8.52. The molecule has 3 atom stereocenters. The van der Waals surface area contributed by atoms with Gasteiger partial charge in [0.2, 0.25) is 11.8 Å². The molecular formula is C26H40ClFN4O3. The standard InChI is InChI=1S/C26H40ClFN4O3/c1-25(2,3)14-30-24(35)18(16-6-7-16)11-22(33)20(29)12-31-13-23(34)32(15-26(31,4)5)21-10-17(28)8-9-19(21)27/h8-10,16,18,20,22,33H,6-7,11-15,29H2,1-5H3,(H,30,35)/t18-,20-,22-/m0/s1. The van der Waals surface area contributed by atoms with Gasteiger partial charge in [-0.1, -0.05) is 32.4 Å². The predicted molar refractivity (Wildman–Crippen MR) is 137 cm³/mol. The molecule has 1 saturated carbocycles. The number of halogens is 2. The van der Waals surface area contributed by atoms with Crippen LogP contribution in [0.4, 0.5) is 10.1 Å². The van der Waals surface area contributed by atoms with Crippen LogP contribution >= 0.6 is 11.6 Å². The summed E-state index contributed by atoms with van der Waals surface area (Å²) in [6.45, 7) is 11.4. The van der Waals surface area contributed by atoms with Gasteiger partial charge >= 0.3 is 0 Å². The van der Waals surface area contributed by atoms with Crippen molar-refractivity contribution in [2.45, 2.75) is 71.6 Å². The van der Waals surface area contributed by atoms with E-state index >= 15 is 0 Å². The zero-order valence-corrected chi connectivity index (χ0v) is 22.2. The van der Waals surface area contributed by atoms with Crippen molar-refractivity contribution in [2.24, 2.45) is 23.0 Å². The highest BCUT2D eigenvalue weighted by atomic mass is 35.5. The summed E-state index contributed by atoms with van der Waals surface area (Å²) < 4.78 is 13.8. The minimum atomic E-state index is -0.873. The van der Waals surface area contributed by atoms with Crippen LogP contribution in [0.1, 0.15) is 53.9 Å². The summed E-state index contributed by atoms with van der Waals surface area (Å²) in [6, 6.07) is 3.35. The van der Waals surface area contributed by atoms with E-state index in [0.29, 0.717) is 36.8 Å². The number of amides is 2. The van der Waals surface area contributed by atoms with Crippen LogP contribution in [-0.2, 0) is 9.59 Å². The Morgan fingerprint density at radius 3 is 2.60 bits per heavy atom. The van der Waals surface area contributed by atoms with Gasteiger partial charge in [0.25, 0.3) is 0 Å². The summed E-state index contributed by atoms with van der Waals surface area (Å²) in [4.78, 5) is 29.2. The number of nitrogens with one attached hydrogen (secondary N) is 1. The van der Waals surface area contributed by atoms with Gasteiger partial charge in [-0.05, 0) is 62.6 Å². The summed E-state index contributed by atoms with van der Waals surface area (Å²) >= 11 is 6.24. The summed E-state index contributed by atoms with van der Waals surface area (Å²) in [5, 5.41) is 14.3. The van der Waals surface area contributed by atoms with E-state index in [1.165, 1.54) is 23.1 Å². The van der Waals surface area contributed by atoms with Gasteiger partial charge in [-0.2, -0.15) is 0 Å². The summed E-state index contributed by atoms with van der Waals surface area (Å²) in [5.74, 6) is -0.672. The first-order chi connectivity index (χ1) is 16.2. The van der Waals surface area contributed by atoms with E-state index in [4.69, 9.17) is 17.3 Å². The van der Waals surface area contributed by atoms with Crippen LogP contribution in [0.3, 0.4) is 0 Å². The highest BCUT2D eigenvalue weighted by molar-refractivity contribution is 6.33. The molecule has 9 heteroatoms. The van der Waals surface area contributed by atoms with Gasteiger partial charge in [-0.3, -0.25) is 14.5 Å². The molecule has 1 aliphatic heterocycles. The fraction of sp³-hybridized carbons (Fsp3) is 0.692. The van der Waals surface area contributed by atoms with Crippen molar-refractivity contribution in [1.29, 1.82) is 0 Å². The van der Waals surface area contributed by atoms with Crippen LogP contribution in [0.2, 0.25) is 5.02 Å². The number of benzene rings is 1. The molecule has 0 spiro atoms. The van der Waals surface area contributed by atoms with Crippen molar-refractivity contribution in [1.82, 2.24) is 10.2 Å². The molecule has 0 radical (unpaired) electrons. The molecule has 7 nitrogen and oxygen atoms in total. The number of nitrogens with two attached hydrogens (primary N) is 1. The largest absolute Gasteiger partial charge is 0.391 e. The number of aliphatic hydroxyl groups is 1. The monoisotopic (exact) mass is 510 g/mol. The topological polar surface area (TPSA) is 98.9 Å².